The van der Waals surface area contributed by atoms with Crippen molar-refractivity contribution in [2.75, 3.05) is 26.2 Å². The fraction of sp³-hybridized carbons (Fsp3) is 0.889. The van der Waals surface area contributed by atoms with Gasteiger partial charge in [-0.15, -0.1) is 0 Å². The standard InChI is InChI=1S/C9H22N2.C9H14N2.C9H22N2.C9H14N2/c2*1-8(7-11)6-9(2,3)4-5-10;2*1-8(4-5-10)6-9(2,3)7-11/h8H,4-7,10-11H2,1-3H3;8H,4,6H2,1-3H3;8H,4-7,10-11H2,1-3H3;8H,4,6H2,1-3H3. The fourth-order valence-electron chi connectivity index (χ4n) is 5.24. The SMILES string of the molecule is CC(C#N)CC(C)(C)CC#N.CC(CC#N)CC(C)(C)C#N.CC(CCN)CC(C)(C)CN.CC(CN)CC(C)(C)CCN. The molecule has 44 heavy (non-hydrogen) atoms. The molecule has 8 heteroatoms. The van der Waals surface area contributed by atoms with Crippen LogP contribution >= 0.6 is 0 Å². The van der Waals surface area contributed by atoms with Crippen LogP contribution in [0.4, 0.5) is 0 Å². The Morgan fingerprint density at radius 2 is 1.11 bits per heavy atom. The van der Waals surface area contributed by atoms with E-state index in [1.807, 2.05) is 41.5 Å². The van der Waals surface area contributed by atoms with Crippen molar-refractivity contribution in [1.82, 2.24) is 0 Å². The molecule has 4 unspecified atom stereocenters. The van der Waals surface area contributed by atoms with Crippen molar-refractivity contribution in [3.8, 4) is 24.3 Å². The lowest BCUT2D eigenvalue weighted by molar-refractivity contribution is 0.264. The van der Waals surface area contributed by atoms with Crippen LogP contribution in [0.2, 0.25) is 0 Å². The van der Waals surface area contributed by atoms with Gasteiger partial charge >= 0.3 is 0 Å². The van der Waals surface area contributed by atoms with Crippen molar-refractivity contribution in [2.24, 2.45) is 68.3 Å². The second kappa shape index (κ2) is 26.1. The highest BCUT2D eigenvalue weighted by Gasteiger charge is 2.21. The molecule has 0 amide bonds. The van der Waals surface area contributed by atoms with Crippen molar-refractivity contribution < 1.29 is 0 Å². The summed E-state index contributed by atoms with van der Waals surface area (Å²) in [5, 5.41) is 34.0. The summed E-state index contributed by atoms with van der Waals surface area (Å²) in [6.07, 6.45) is 7.25. The lowest BCUT2D eigenvalue weighted by atomic mass is 9.81. The topological polar surface area (TPSA) is 199 Å². The Kier molecular flexibility index (Phi) is 28.8. The van der Waals surface area contributed by atoms with E-state index in [1.54, 1.807) is 0 Å². The molecule has 8 nitrogen and oxygen atoms in total. The van der Waals surface area contributed by atoms with Gasteiger partial charge in [0.1, 0.15) is 0 Å². The van der Waals surface area contributed by atoms with Crippen LogP contribution < -0.4 is 22.9 Å². The molecule has 4 atom stereocenters. The molecule has 0 aliphatic rings. The average Bonchev–Trinajstić information content (AvgIpc) is 2.88. The van der Waals surface area contributed by atoms with Gasteiger partial charge < -0.3 is 22.9 Å². The van der Waals surface area contributed by atoms with Gasteiger partial charge in [0.2, 0.25) is 0 Å². The van der Waals surface area contributed by atoms with Crippen LogP contribution in [0.25, 0.3) is 0 Å². The smallest absolute Gasteiger partial charge is 0.0684 e. The highest BCUT2D eigenvalue weighted by Crippen LogP contribution is 2.29. The van der Waals surface area contributed by atoms with Crippen molar-refractivity contribution in [3.05, 3.63) is 0 Å². The maximum absolute atomic E-state index is 8.68. The van der Waals surface area contributed by atoms with Crippen LogP contribution in [-0.4, -0.2) is 26.2 Å². The van der Waals surface area contributed by atoms with Crippen molar-refractivity contribution >= 4 is 0 Å². The van der Waals surface area contributed by atoms with Crippen LogP contribution in [0.15, 0.2) is 0 Å². The molecule has 0 saturated heterocycles. The number of nitrogens with two attached hydrogens (primary N) is 4. The molecule has 0 fully saturated rings. The van der Waals surface area contributed by atoms with E-state index in [-0.39, 0.29) is 22.2 Å². The third-order valence-electron chi connectivity index (χ3n) is 7.48. The Morgan fingerprint density at radius 1 is 0.591 bits per heavy atom. The first-order valence-corrected chi connectivity index (χ1v) is 16.4. The van der Waals surface area contributed by atoms with E-state index in [1.165, 1.54) is 12.8 Å². The second-order valence-corrected chi connectivity index (χ2v) is 15.9. The zero-order valence-corrected chi connectivity index (χ0v) is 30.9. The zero-order chi connectivity index (χ0) is 35.6. The minimum absolute atomic E-state index is 0.0100. The van der Waals surface area contributed by atoms with Crippen molar-refractivity contribution in [1.29, 1.82) is 21.0 Å². The Morgan fingerprint density at radius 3 is 1.48 bits per heavy atom. The van der Waals surface area contributed by atoms with Crippen LogP contribution in [0.1, 0.15) is 134 Å². The van der Waals surface area contributed by atoms with Crippen molar-refractivity contribution in [2.45, 2.75) is 134 Å². The number of hydrogen-bond donors (Lipinski definition) is 4. The molecule has 0 radical (unpaired) electrons. The summed E-state index contributed by atoms with van der Waals surface area (Å²) in [5.41, 5.74) is 22.5. The third-order valence-corrected chi connectivity index (χ3v) is 7.48. The van der Waals surface area contributed by atoms with E-state index in [4.69, 9.17) is 44.0 Å². The molecule has 0 bridgehead atoms. The first kappa shape index (κ1) is 48.7. The molecule has 0 saturated carbocycles. The molecule has 256 valence electrons. The Balaban J connectivity index is -0.000000242. The number of hydrogen-bond acceptors (Lipinski definition) is 8. The number of rotatable bonds is 16. The Labute approximate surface area is 273 Å². The highest BCUT2D eigenvalue weighted by molar-refractivity contribution is 4.93. The maximum atomic E-state index is 8.68. The molecular weight excluding hydrogens is 544 g/mol. The Hall–Kier alpha value is -2.20. The minimum atomic E-state index is -0.281. The molecule has 0 spiro atoms. The lowest BCUT2D eigenvalue weighted by Gasteiger charge is -2.26. The number of nitrogens with zero attached hydrogens (tertiary/aromatic N) is 4. The molecular formula is C36H72N8. The quantitative estimate of drug-likeness (QED) is 0.135. The number of nitriles is 4. The molecule has 0 aromatic rings. The van der Waals surface area contributed by atoms with Gasteiger partial charge in [0.15, 0.2) is 0 Å². The van der Waals surface area contributed by atoms with Crippen LogP contribution in [0.3, 0.4) is 0 Å². The monoisotopic (exact) mass is 617 g/mol. The summed E-state index contributed by atoms with van der Waals surface area (Å²) >= 11 is 0. The summed E-state index contributed by atoms with van der Waals surface area (Å²) in [6, 6.07) is 8.62. The average molecular weight is 617 g/mol. The van der Waals surface area contributed by atoms with Crippen LogP contribution in [0, 0.1) is 90.7 Å². The van der Waals surface area contributed by atoms with Gasteiger partial charge in [-0.25, -0.2) is 0 Å². The lowest BCUT2D eigenvalue weighted by Crippen LogP contribution is -2.26. The fourth-order valence-corrected chi connectivity index (χ4v) is 5.24. The summed E-state index contributed by atoms with van der Waals surface area (Å²) in [6.45, 7) is 28.2. The predicted molar refractivity (Wildman–Crippen MR) is 187 cm³/mol. The van der Waals surface area contributed by atoms with Gasteiger partial charge in [0, 0.05) is 18.8 Å². The van der Waals surface area contributed by atoms with Gasteiger partial charge in [-0.3, -0.25) is 0 Å². The van der Waals surface area contributed by atoms with E-state index in [0.29, 0.717) is 36.0 Å². The molecule has 0 aromatic carbocycles. The Bertz CT molecular complexity index is 865. The largest absolute Gasteiger partial charge is 0.330 e. The normalized spacial score (nSPS) is 14.1. The second-order valence-electron chi connectivity index (χ2n) is 15.9. The predicted octanol–water partition coefficient (Wildman–Crippen LogP) is 7.64. The molecule has 0 aromatic heterocycles. The van der Waals surface area contributed by atoms with Gasteiger partial charge in [0.05, 0.1) is 29.7 Å². The van der Waals surface area contributed by atoms with E-state index < -0.39 is 0 Å². The summed E-state index contributed by atoms with van der Waals surface area (Å²) < 4.78 is 0. The first-order valence-electron chi connectivity index (χ1n) is 16.4. The van der Waals surface area contributed by atoms with E-state index in [0.717, 1.165) is 51.9 Å². The van der Waals surface area contributed by atoms with E-state index >= 15 is 0 Å². The van der Waals surface area contributed by atoms with Gasteiger partial charge in [0.25, 0.3) is 0 Å². The van der Waals surface area contributed by atoms with Crippen LogP contribution in [-0.2, 0) is 0 Å². The summed E-state index contributed by atoms with van der Waals surface area (Å²) in [7, 11) is 0. The van der Waals surface area contributed by atoms with E-state index in [9.17, 15) is 0 Å². The van der Waals surface area contributed by atoms with Crippen LogP contribution in [0.5, 0.6) is 0 Å². The zero-order valence-electron chi connectivity index (χ0n) is 30.9. The first-order chi connectivity index (χ1) is 20.1. The van der Waals surface area contributed by atoms with E-state index in [2.05, 4.69) is 65.8 Å². The highest BCUT2D eigenvalue weighted by atomic mass is 14.6. The maximum Gasteiger partial charge on any atom is 0.0684 e. The van der Waals surface area contributed by atoms with Gasteiger partial charge in [-0.2, -0.15) is 21.0 Å². The molecule has 0 aliphatic carbocycles. The molecule has 0 heterocycles. The molecule has 8 N–H and O–H groups in total. The van der Waals surface area contributed by atoms with Crippen molar-refractivity contribution in [3.63, 3.8) is 0 Å². The van der Waals surface area contributed by atoms with Gasteiger partial charge in [-0.05, 0) is 119 Å². The third kappa shape index (κ3) is 34.3. The summed E-state index contributed by atoms with van der Waals surface area (Å²) in [5.74, 6) is 1.71. The van der Waals surface area contributed by atoms with Gasteiger partial charge in [-0.1, -0.05) is 62.3 Å². The molecule has 0 rings (SSSR count). The molecule has 0 aliphatic heterocycles. The summed E-state index contributed by atoms with van der Waals surface area (Å²) in [4.78, 5) is 0. The minimum Gasteiger partial charge on any atom is -0.330 e.